The lowest BCUT2D eigenvalue weighted by Gasteiger charge is -2.21. The second-order valence-corrected chi connectivity index (χ2v) is 7.91. The summed E-state index contributed by atoms with van der Waals surface area (Å²) in [5.41, 5.74) is 0.270. The van der Waals surface area contributed by atoms with E-state index in [1.54, 1.807) is 24.3 Å². The van der Waals surface area contributed by atoms with Gasteiger partial charge in [0.15, 0.2) is 0 Å². The Hall–Kier alpha value is -3.04. The summed E-state index contributed by atoms with van der Waals surface area (Å²) < 4.78 is 43.7. The Bertz CT molecular complexity index is 990. The van der Waals surface area contributed by atoms with E-state index >= 15 is 0 Å². The lowest BCUT2D eigenvalue weighted by molar-refractivity contribution is -0.114. The van der Waals surface area contributed by atoms with Gasteiger partial charge in [-0.1, -0.05) is 0 Å². The monoisotopic (exact) mass is 404 g/mol. The van der Waals surface area contributed by atoms with Gasteiger partial charge in [0.1, 0.15) is 17.3 Å². The fourth-order valence-electron chi connectivity index (χ4n) is 2.66. The predicted molar refractivity (Wildman–Crippen MR) is 101 cm³/mol. The summed E-state index contributed by atoms with van der Waals surface area (Å²) in [4.78, 5) is 11.5. The highest BCUT2D eigenvalue weighted by Crippen LogP contribution is 2.30. The van der Waals surface area contributed by atoms with Crippen molar-refractivity contribution in [3.05, 3.63) is 66.5 Å². The molecule has 0 saturated carbocycles. The first-order valence-electron chi connectivity index (χ1n) is 8.40. The molecule has 0 saturated heterocycles. The standard InChI is InChI=1S/C19H20N2O6S/c1-14(22)20-18-11-17(7-8-19(18)25-2)28(23,24)21(12-15-5-3-9-26-15)13-16-6-4-10-27-16/h3-11H,12-13H2,1-2H3,(H,20,22). The van der Waals surface area contributed by atoms with Crippen molar-refractivity contribution in [3.8, 4) is 5.75 Å². The summed E-state index contributed by atoms with van der Waals surface area (Å²) in [6, 6.07) is 11.1. The topological polar surface area (TPSA) is 102 Å². The van der Waals surface area contributed by atoms with Crippen LogP contribution in [0.25, 0.3) is 0 Å². The van der Waals surface area contributed by atoms with Gasteiger partial charge in [0, 0.05) is 6.92 Å². The van der Waals surface area contributed by atoms with E-state index in [1.807, 2.05) is 0 Å². The van der Waals surface area contributed by atoms with Crippen LogP contribution < -0.4 is 10.1 Å². The number of hydrogen-bond donors (Lipinski definition) is 1. The molecule has 3 aromatic rings. The van der Waals surface area contributed by atoms with Crippen molar-refractivity contribution < 1.29 is 26.8 Å². The number of carbonyl (C=O) groups excluding carboxylic acids is 1. The number of hydrogen-bond acceptors (Lipinski definition) is 6. The van der Waals surface area contributed by atoms with Gasteiger partial charge >= 0.3 is 0 Å². The molecular formula is C19H20N2O6S. The highest BCUT2D eigenvalue weighted by molar-refractivity contribution is 7.89. The molecule has 148 valence electrons. The number of sulfonamides is 1. The second kappa shape index (κ2) is 8.32. The number of anilines is 1. The van der Waals surface area contributed by atoms with Crippen molar-refractivity contribution >= 4 is 21.6 Å². The molecule has 0 unspecified atom stereocenters. The van der Waals surface area contributed by atoms with E-state index in [-0.39, 0.29) is 29.6 Å². The van der Waals surface area contributed by atoms with E-state index in [0.717, 1.165) is 0 Å². The molecule has 0 spiro atoms. The Morgan fingerprint density at radius 1 is 1.07 bits per heavy atom. The number of benzene rings is 1. The molecular weight excluding hydrogens is 384 g/mol. The first-order chi connectivity index (χ1) is 13.4. The van der Waals surface area contributed by atoms with Gasteiger partial charge in [-0.2, -0.15) is 4.31 Å². The summed E-state index contributed by atoms with van der Waals surface area (Å²) in [7, 11) is -2.49. The molecule has 3 rings (SSSR count). The maximum Gasteiger partial charge on any atom is 0.243 e. The molecule has 0 aliphatic heterocycles. The Morgan fingerprint density at radius 3 is 2.14 bits per heavy atom. The van der Waals surface area contributed by atoms with Gasteiger partial charge in [-0.3, -0.25) is 4.79 Å². The zero-order valence-electron chi connectivity index (χ0n) is 15.4. The quantitative estimate of drug-likeness (QED) is 0.618. The van der Waals surface area contributed by atoms with Crippen LogP contribution in [0.5, 0.6) is 5.75 Å². The minimum atomic E-state index is -3.93. The molecule has 0 atom stereocenters. The van der Waals surface area contributed by atoms with Crippen molar-refractivity contribution in [2.45, 2.75) is 24.9 Å². The molecule has 2 aromatic heterocycles. The molecule has 8 nitrogen and oxygen atoms in total. The Kier molecular flexibility index (Phi) is 5.86. The normalized spacial score (nSPS) is 11.5. The number of ether oxygens (including phenoxy) is 1. The molecule has 0 aliphatic carbocycles. The third kappa shape index (κ3) is 4.44. The number of nitrogens with one attached hydrogen (secondary N) is 1. The van der Waals surface area contributed by atoms with E-state index in [4.69, 9.17) is 13.6 Å². The van der Waals surface area contributed by atoms with Crippen molar-refractivity contribution in [1.29, 1.82) is 0 Å². The van der Waals surface area contributed by atoms with Crippen LogP contribution in [0.3, 0.4) is 0 Å². The van der Waals surface area contributed by atoms with E-state index < -0.39 is 10.0 Å². The molecule has 9 heteroatoms. The lowest BCUT2D eigenvalue weighted by atomic mass is 10.3. The smallest absolute Gasteiger partial charge is 0.243 e. The van der Waals surface area contributed by atoms with Crippen molar-refractivity contribution in [2.24, 2.45) is 0 Å². The van der Waals surface area contributed by atoms with E-state index in [9.17, 15) is 13.2 Å². The fraction of sp³-hybridized carbons (Fsp3) is 0.211. The maximum atomic E-state index is 13.3. The van der Waals surface area contributed by atoms with Gasteiger partial charge in [0.25, 0.3) is 0 Å². The SMILES string of the molecule is COc1ccc(S(=O)(=O)N(Cc2ccco2)Cc2ccco2)cc1NC(C)=O. The van der Waals surface area contributed by atoms with Crippen molar-refractivity contribution in [2.75, 3.05) is 12.4 Å². The number of nitrogens with zero attached hydrogens (tertiary/aromatic N) is 1. The van der Waals surface area contributed by atoms with Gasteiger partial charge < -0.3 is 18.9 Å². The summed E-state index contributed by atoms with van der Waals surface area (Å²) in [5.74, 6) is 1.00. The third-order valence-electron chi connectivity index (χ3n) is 3.94. The molecule has 1 aromatic carbocycles. The van der Waals surface area contributed by atoms with Crippen LogP contribution >= 0.6 is 0 Å². The number of methoxy groups -OCH3 is 1. The van der Waals surface area contributed by atoms with Gasteiger partial charge in [-0.15, -0.1) is 0 Å². The molecule has 28 heavy (non-hydrogen) atoms. The zero-order chi connectivity index (χ0) is 20.1. The minimum absolute atomic E-state index is 0.00941. The zero-order valence-corrected chi connectivity index (χ0v) is 16.2. The van der Waals surface area contributed by atoms with E-state index in [1.165, 1.54) is 49.1 Å². The number of amides is 1. The predicted octanol–water partition coefficient (Wildman–Crippen LogP) is 3.23. The Balaban J connectivity index is 1.99. The van der Waals surface area contributed by atoms with Crippen LogP contribution in [0.4, 0.5) is 5.69 Å². The van der Waals surface area contributed by atoms with Crippen molar-refractivity contribution in [1.82, 2.24) is 4.31 Å². The molecule has 1 amide bonds. The summed E-state index contributed by atoms with van der Waals surface area (Å²) in [5, 5.41) is 2.58. The van der Waals surface area contributed by atoms with Crippen LogP contribution in [0.15, 0.2) is 68.7 Å². The number of carbonyl (C=O) groups is 1. The number of furan rings is 2. The van der Waals surface area contributed by atoms with E-state index in [0.29, 0.717) is 17.3 Å². The van der Waals surface area contributed by atoms with Gasteiger partial charge in [-0.05, 0) is 42.5 Å². The third-order valence-corrected chi connectivity index (χ3v) is 5.73. The largest absolute Gasteiger partial charge is 0.495 e. The molecule has 0 radical (unpaired) electrons. The summed E-state index contributed by atoms with van der Waals surface area (Å²) in [6.45, 7) is 1.38. The number of rotatable bonds is 8. The molecule has 0 fully saturated rings. The van der Waals surface area contributed by atoms with Gasteiger partial charge in [0.05, 0.1) is 43.3 Å². The molecule has 0 aliphatic rings. The van der Waals surface area contributed by atoms with Crippen molar-refractivity contribution in [3.63, 3.8) is 0 Å². The first-order valence-corrected chi connectivity index (χ1v) is 9.84. The van der Waals surface area contributed by atoms with E-state index in [2.05, 4.69) is 5.32 Å². The fourth-order valence-corrected chi connectivity index (χ4v) is 4.06. The average molecular weight is 404 g/mol. The van der Waals surface area contributed by atoms with Crippen LogP contribution in [0, 0.1) is 0 Å². The second-order valence-electron chi connectivity index (χ2n) is 5.98. The highest BCUT2D eigenvalue weighted by atomic mass is 32.2. The van der Waals surface area contributed by atoms with Crippen LogP contribution in [-0.2, 0) is 27.9 Å². The van der Waals surface area contributed by atoms with Gasteiger partial charge in [-0.25, -0.2) is 8.42 Å². The van der Waals surface area contributed by atoms with Gasteiger partial charge in [0.2, 0.25) is 15.9 Å². The Labute approximate surface area is 162 Å². The molecule has 2 heterocycles. The van der Waals surface area contributed by atoms with Crippen LogP contribution in [-0.4, -0.2) is 25.7 Å². The average Bonchev–Trinajstić information content (AvgIpc) is 3.34. The van der Waals surface area contributed by atoms with Crippen LogP contribution in [0.1, 0.15) is 18.4 Å². The lowest BCUT2D eigenvalue weighted by Crippen LogP contribution is -2.30. The summed E-state index contributed by atoms with van der Waals surface area (Å²) >= 11 is 0. The Morgan fingerprint density at radius 2 is 1.68 bits per heavy atom. The minimum Gasteiger partial charge on any atom is -0.495 e. The molecule has 0 bridgehead atoms. The summed E-state index contributed by atoms with van der Waals surface area (Å²) in [6.07, 6.45) is 2.96. The van der Waals surface area contributed by atoms with Crippen LogP contribution in [0.2, 0.25) is 0 Å². The molecule has 1 N–H and O–H groups in total. The maximum absolute atomic E-state index is 13.3. The highest BCUT2D eigenvalue weighted by Gasteiger charge is 2.27. The first kappa shape index (κ1) is 19.7.